The van der Waals surface area contributed by atoms with Crippen molar-refractivity contribution < 1.29 is 18.3 Å². The molecule has 19 heavy (non-hydrogen) atoms. The maximum atomic E-state index is 12.2. The summed E-state index contributed by atoms with van der Waals surface area (Å²) >= 11 is 0. The Morgan fingerprint density at radius 1 is 1.47 bits per heavy atom. The normalized spacial score (nSPS) is 12.6. The van der Waals surface area contributed by atoms with Crippen molar-refractivity contribution in [2.75, 3.05) is 0 Å². The minimum atomic E-state index is -3.71. The fraction of sp³-hybridized carbons (Fsp3) is 0.583. The van der Waals surface area contributed by atoms with E-state index >= 15 is 0 Å². The van der Waals surface area contributed by atoms with E-state index in [1.807, 2.05) is 6.92 Å². The average Bonchev–Trinajstić information content (AvgIpc) is 2.58. The van der Waals surface area contributed by atoms with Crippen molar-refractivity contribution in [3.05, 3.63) is 18.0 Å². The van der Waals surface area contributed by atoms with Crippen molar-refractivity contribution in [2.45, 2.75) is 44.0 Å². The highest BCUT2D eigenvalue weighted by molar-refractivity contribution is 7.89. The van der Waals surface area contributed by atoms with E-state index in [9.17, 15) is 13.2 Å². The van der Waals surface area contributed by atoms with Crippen LogP contribution in [0.4, 0.5) is 0 Å². The first-order chi connectivity index (χ1) is 8.59. The van der Waals surface area contributed by atoms with Crippen molar-refractivity contribution in [1.29, 1.82) is 0 Å². The minimum Gasteiger partial charge on any atom is -0.477 e. The third-order valence-corrected chi connectivity index (χ3v) is 4.46. The average molecular weight is 288 g/mol. The second-order valence-electron chi connectivity index (χ2n) is 5.22. The molecule has 1 aromatic rings. The van der Waals surface area contributed by atoms with Crippen LogP contribution in [-0.2, 0) is 17.1 Å². The molecule has 0 atom stereocenters. The van der Waals surface area contributed by atoms with Gasteiger partial charge in [0.1, 0.15) is 10.6 Å². The molecular formula is C12H20N2O4S. The molecular weight excluding hydrogens is 268 g/mol. The van der Waals surface area contributed by atoms with E-state index < -0.39 is 21.5 Å². The standard InChI is InChI=1S/C12H20N2O4S/c1-5-6-12(2,3)13-19(17,18)9-7-10(11(15)16)14(4)8-9/h7-8,13H,5-6H2,1-4H3,(H,15,16). The van der Waals surface area contributed by atoms with Gasteiger partial charge in [-0.25, -0.2) is 17.9 Å². The summed E-state index contributed by atoms with van der Waals surface area (Å²) in [7, 11) is -2.21. The quantitative estimate of drug-likeness (QED) is 0.831. The number of hydrogen-bond donors (Lipinski definition) is 2. The summed E-state index contributed by atoms with van der Waals surface area (Å²) in [6.45, 7) is 5.57. The van der Waals surface area contributed by atoms with Crippen molar-refractivity contribution >= 4 is 16.0 Å². The Bertz CT molecular complexity index is 573. The van der Waals surface area contributed by atoms with Crippen LogP contribution in [0.25, 0.3) is 0 Å². The molecule has 1 rings (SSSR count). The zero-order valence-electron chi connectivity index (χ0n) is 11.6. The van der Waals surface area contributed by atoms with Gasteiger partial charge in [0.2, 0.25) is 10.0 Å². The SMILES string of the molecule is CCCC(C)(C)NS(=O)(=O)c1cc(C(=O)O)n(C)c1. The Labute approximate surface area is 113 Å². The minimum absolute atomic E-state index is 0.0309. The predicted octanol–water partition coefficient (Wildman–Crippen LogP) is 1.58. The van der Waals surface area contributed by atoms with E-state index in [1.54, 1.807) is 13.8 Å². The Kier molecular flexibility index (Phi) is 4.42. The third kappa shape index (κ3) is 3.81. The molecule has 0 aliphatic heterocycles. The van der Waals surface area contributed by atoms with E-state index in [2.05, 4.69) is 4.72 Å². The number of rotatable bonds is 6. The molecule has 0 saturated heterocycles. The number of nitrogens with zero attached hydrogens (tertiary/aromatic N) is 1. The monoisotopic (exact) mass is 288 g/mol. The van der Waals surface area contributed by atoms with E-state index in [0.717, 1.165) is 12.5 Å². The summed E-state index contributed by atoms with van der Waals surface area (Å²) in [5.74, 6) is -1.16. The molecule has 108 valence electrons. The Morgan fingerprint density at radius 3 is 2.47 bits per heavy atom. The van der Waals surface area contributed by atoms with Gasteiger partial charge in [-0.05, 0) is 26.3 Å². The van der Waals surface area contributed by atoms with Gasteiger partial charge < -0.3 is 9.67 Å². The summed E-state index contributed by atoms with van der Waals surface area (Å²) in [5, 5.41) is 8.93. The van der Waals surface area contributed by atoms with Gasteiger partial charge in [-0.2, -0.15) is 0 Å². The number of aryl methyl sites for hydroxylation is 1. The van der Waals surface area contributed by atoms with Crippen molar-refractivity contribution in [3.8, 4) is 0 Å². The first kappa shape index (κ1) is 15.7. The predicted molar refractivity (Wildman–Crippen MR) is 71.7 cm³/mol. The molecule has 0 unspecified atom stereocenters. The highest BCUT2D eigenvalue weighted by atomic mass is 32.2. The van der Waals surface area contributed by atoms with Crippen LogP contribution in [0.5, 0.6) is 0 Å². The number of carbonyl (C=O) groups is 1. The fourth-order valence-electron chi connectivity index (χ4n) is 1.99. The molecule has 0 aromatic carbocycles. The highest BCUT2D eigenvalue weighted by Crippen LogP contribution is 2.18. The second-order valence-corrected chi connectivity index (χ2v) is 6.90. The lowest BCUT2D eigenvalue weighted by molar-refractivity contribution is 0.0686. The van der Waals surface area contributed by atoms with Gasteiger partial charge in [-0.3, -0.25) is 0 Å². The van der Waals surface area contributed by atoms with Crippen LogP contribution in [0.15, 0.2) is 17.2 Å². The number of hydrogen-bond acceptors (Lipinski definition) is 3. The lowest BCUT2D eigenvalue weighted by atomic mass is 10.0. The smallest absolute Gasteiger partial charge is 0.352 e. The first-order valence-corrected chi connectivity index (χ1v) is 7.51. The number of sulfonamides is 1. The van der Waals surface area contributed by atoms with Crippen molar-refractivity contribution in [3.63, 3.8) is 0 Å². The molecule has 0 aliphatic carbocycles. The lowest BCUT2D eigenvalue weighted by Crippen LogP contribution is -2.43. The largest absolute Gasteiger partial charge is 0.477 e. The van der Waals surface area contributed by atoms with Crippen LogP contribution >= 0.6 is 0 Å². The topological polar surface area (TPSA) is 88.4 Å². The molecule has 1 aromatic heterocycles. The summed E-state index contributed by atoms with van der Waals surface area (Å²) in [5.41, 5.74) is -0.624. The Balaban J connectivity index is 3.08. The van der Waals surface area contributed by atoms with Gasteiger partial charge in [0.15, 0.2) is 0 Å². The van der Waals surface area contributed by atoms with Gasteiger partial charge in [-0.1, -0.05) is 13.3 Å². The number of aromatic nitrogens is 1. The maximum Gasteiger partial charge on any atom is 0.352 e. The molecule has 0 saturated carbocycles. The van der Waals surface area contributed by atoms with Gasteiger partial charge in [0, 0.05) is 18.8 Å². The van der Waals surface area contributed by atoms with Crippen LogP contribution in [0.1, 0.15) is 44.1 Å². The molecule has 0 radical (unpaired) electrons. The van der Waals surface area contributed by atoms with E-state index in [-0.39, 0.29) is 10.6 Å². The van der Waals surface area contributed by atoms with Crippen LogP contribution in [-0.4, -0.2) is 29.6 Å². The fourth-order valence-corrected chi connectivity index (χ4v) is 3.50. The Hall–Kier alpha value is -1.34. The van der Waals surface area contributed by atoms with E-state index in [4.69, 9.17) is 5.11 Å². The second kappa shape index (κ2) is 5.34. The van der Waals surface area contributed by atoms with E-state index in [0.29, 0.717) is 6.42 Å². The third-order valence-electron chi connectivity index (χ3n) is 2.79. The number of carboxylic acids is 1. The maximum absolute atomic E-state index is 12.2. The number of aromatic carboxylic acids is 1. The molecule has 2 N–H and O–H groups in total. The molecule has 0 fully saturated rings. The van der Waals surface area contributed by atoms with Gasteiger partial charge in [0.05, 0.1) is 0 Å². The summed E-state index contributed by atoms with van der Waals surface area (Å²) in [4.78, 5) is 10.9. The molecule has 0 amide bonds. The highest BCUT2D eigenvalue weighted by Gasteiger charge is 2.27. The van der Waals surface area contributed by atoms with Gasteiger partial charge >= 0.3 is 5.97 Å². The molecule has 1 heterocycles. The summed E-state index contributed by atoms with van der Waals surface area (Å²) in [6, 6.07) is 1.16. The van der Waals surface area contributed by atoms with E-state index in [1.165, 1.54) is 17.8 Å². The van der Waals surface area contributed by atoms with Crippen LogP contribution in [0.3, 0.4) is 0 Å². The Morgan fingerprint density at radius 2 is 2.05 bits per heavy atom. The van der Waals surface area contributed by atoms with Gasteiger partial charge in [-0.15, -0.1) is 0 Å². The summed E-state index contributed by atoms with van der Waals surface area (Å²) < 4.78 is 28.3. The molecule has 0 spiro atoms. The molecule has 7 heteroatoms. The molecule has 6 nitrogen and oxygen atoms in total. The van der Waals surface area contributed by atoms with Crippen LogP contribution < -0.4 is 4.72 Å². The molecule has 0 bridgehead atoms. The lowest BCUT2D eigenvalue weighted by Gasteiger charge is -2.24. The van der Waals surface area contributed by atoms with Crippen molar-refractivity contribution in [1.82, 2.24) is 9.29 Å². The van der Waals surface area contributed by atoms with Crippen LogP contribution in [0, 0.1) is 0 Å². The van der Waals surface area contributed by atoms with Gasteiger partial charge in [0.25, 0.3) is 0 Å². The summed E-state index contributed by atoms with van der Waals surface area (Å²) in [6.07, 6.45) is 2.85. The number of nitrogens with one attached hydrogen (secondary N) is 1. The zero-order chi connectivity index (χ0) is 14.8. The van der Waals surface area contributed by atoms with Crippen molar-refractivity contribution in [2.24, 2.45) is 7.05 Å². The molecule has 0 aliphatic rings. The first-order valence-electron chi connectivity index (χ1n) is 6.03. The zero-order valence-corrected chi connectivity index (χ0v) is 12.4. The number of carboxylic acid groups (broad SMARTS) is 1. The van der Waals surface area contributed by atoms with Crippen LogP contribution in [0.2, 0.25) is 0 Å².